The lowest BCUT2D eigenvalue weighted by atomic mass is 10.0. The third-order valence-corrected chi connectivity index (χ3v) is 6.92. The van der Waals surface area contributed by atoms with Crippen LogP contribution in [-0.4, -0.2) is 36.2 Å². The molecule has 0 bridgehead atoms. The molecule has 1 aromatic rings. The third kappa shape index (κ3) is 4.53. The summed E-state index contributed by atoms with van der Waals surface area (Å²) >= 11 is 0. The van der Waals surface area contributed by atoms with Crippen LogP contribution in [0, 0.1) is 11.7 Å². The Morgan fingerprint density at radius 2 is 1.74 bits per heavy atom. The first-order chi connectivity index (χ1) is 12.7. The smallest absolute Gasteiger partial charge is 0.341 e. The molecule has 1 heterocycles. The Balaban J connectivity index is 2.41. The predicted molar refractivity (Wildman–Crippen MR) is 104 cm³/mol. The standard InChI is InChI=1S/C19H30FN2O4P/c1-7-24-27(23,25-8-2)15(5)18-21-26-19(6,22(18)13-14(3)4)16-9-11-17(20)12-10-16/h9-12,14-15H,7-8,13H2,1-6H3. The lowest BCUT2D eigenvalue weighted by Crippen LogP contribution is -2.48. The lowest BCUT2D eigenvalue weighted by molar-refractivity contribution is -0.0935. The van der Waals surface area contributed by atoms with Crippen molar-refractivity contribution in [2.24, 2.45) is 11.1 Å². The molecule has 152 valence electrons. The summed E-state index contributed by atoms with van der Waals surface area (Å²) in [6.45, 7) is 12.5. The van der Waals surface area contributed by atoms with Gasteiger partial charge >= 0.3 is 7.60 Å². The Hall–Kier alpha value is -1.43. The molecule has 0 amide bonds. The van der Waals surface area contributed by atoms with Gasteiger partial charge < -0.3 is 18.8 Å². The number of amidine groups is 1. The number of benzene rings is 1. The van der Waals surface area contributed by atoms with E-state index in [0.29, 0.717) is 18.3 Å². The number of nitrogens with zero attached hydrogens (tertiary/aromatic N) is 2. The summed E-state index contributed by atoms with van der Waals surface area (Å²) in [5.41, 5.74) is -0.762. The maximum Gasteiger partial charge on any atom is 0.341 e. The van der Waals surface area contributed by atoms with E-state index in [-0.39, 0.29) is 19.0 Å². The number of oxime groups is 1. The number of hydrogen-bond donors (Lipinski definition) is 0. The third-order valence-electron chi connectivity index (χ3n) is 4.50. The topological polar surface area (TPSA) is 60.4 Å². The fraction of sp³-hybridized carbons (Fsp3) is 0.632. The van der Waals surface area contributed by atoms with E-state index in [1.807, 2.05) is 11.8 Å². The molecule has 0 fully saturated rings. The van der Waals surface area contributed by atoms with Gasteiger partial charge in [0.05, 0.1) is 13.2 Å². The highest BCUT2D eigenvalue weighted by molar-refractivity contribution is 7.55. The second-order valence-corrected chi connectivity index (χ2v) is 9.46. The largest absolute Gasteiger partial charge is 0.361 e. The van der Waals surface area contributed by atoms with Gasteiger partial charge in [0.1, 0.15) is 11.5 Å². The maximum absolute atomic E-state index is 13.4. The van der Waals surface area contributed by atoms with Crippen LogP contribution in [0.2, 0.25) is 0 Å². The summed E-state index contributed by atoms with van der Waals surface area (Å²) in [4.78, 5) is 7.80. The first kappa shape index (κ1) is 21.9. The molecule has 2 rings (SSSR count). The van der Waals surface area contributed by atoms with Gasteiger partial charge in [-0.15, -0.1) is 0 Å². The molecule has 6 nitrogen and oxygen atoms in total. The Kier molecular flexibility index (Phi) is 7.06. The van der Waals surface area contributed by atoms with Crippen molar-refractivity contribution in [3.8, 4) is 0 Å². The monoisotopic (exact) mass is 400 g/mol. The van der Waals surface area contributed by atoms with E-state index >= 15 is 0 Å². The zero-order chi connectivity index (χ0) is 20.2. The minimum absolute atomic E-state index is 0.273. The molecule has 27 heavy (non-hydrogen) atoms. The molecule has 2 atom stereocenters. The van der Waals surface area contributed by atoms with Crippen LogP contribution in [0.5, 0.6) is 0 Å². The molecule has 8 heteroatoms. The second kappa shape index (κ2) is 8.72. The van der Waals surface area contributed by atoms with Crippen molar-refractivity contribution >= 4 is 13.4 Å². The Labute approximate surface area is 161 Å². The molecule has 0 saturated heterocycles. The number of halogens is 1. The lowest BCUT2D eigenvalue weighted by Gasteiger charge is -2.37. The molecule has 0 radical (unpaired) electrons. The fourth-order valence-corrected chi connectivity index (χ4v) is 4.83. The van der Waals surface area contributed by atoms with Gasteiger partial charge in [-0.3, -0.25) is 4.57 Å². The van der Waals surface area contributed by atoms with Gasteiger partial charge in [0.15, 0.2) is 5.84 Å². The molecule has 0 N–H and O–H groups in total. The van der Waals surface area contributed by atoms with Crippen molar-refractivity contribution in [1.29, 1.82) is 0 Å². The van der Waals surface area contributed by atoms with Gasteiger partial charge in [-0.2, -0.15) is 0 Å². The Morgan fingerprint density at radius 1 is 1.19 bits per heavy atom. The van der Waals surface area contributed by atoms with Crippen molar-refractivity contribution in [3.05, 3.63) is 35.6 Å². The Bertz CT molecular complexity index is 700. The van der Waals surface area contributed by atoms with E-state index in [1.165, 1.54) is 12.1 Å². The van der Waals surface area contributed by atoms with Crippen LogP contribution >= 0.6 is 7.60 Å². The zero-order valence-corrected chi connectivity index (χ0v) is 17.8. The first-order valence-corrected chi connectivity index (χ1v) is 11.0. The summed E-state index contributed by atoms with van der Waals surface area (Å²) in [7, 11) is -3.41. The highest BCUT2D eigenvalue weighted by atomic mass is 31.2. The highest BCUT2D eigenvalue weighted by Gasteiger charge is 2.49. The quantitative estimate of drug-likeness (QED) is 0.549. The molecular formula is C19H30FN2O4P. The summed E-state index contributed by atoms with van der Waals surface area (Å²) in [5, 5.41) is 4.27. The van der Waals surface area contributed by atoms with Crippen molar-refractivity contribution in [3.63, 3.8) is 0 Å². The van der Waals surface area contributed by atoms with E-state index in [4.69, 9.17) is 13.9 Å². The van der Waals surface area contributed by atoms with E-state index in [1.54, 1.807) is 32.9 Å². The van der Waals surface area contributed by atoms with E-state index in [0.717, 1.165) is 5.56 Å². The van der Waals surface area contributed by atoms with Crippen molar-refractivity contribution in [1.82, 2.24) is 4.90 Å². The Morgan fingerprint density at radius 3 is 2.22 bits per heavy atom. The average Bonchev–Trinajstić information content (AvgIpc) is 2.92. The van der Waals surface area contributed by atoms with Crippen LogP contribution in [0.4, 0.5) is 4.39 Å². The van der Waals surface area contributed by atoms with Crippen LogP contribution in [-0.2, 0) is 24.2 Å². The number of hydrogen-bond acceptors (Lipinski definition) is 6. The molecule has 0 saturated carbocycles. The molecule has 0 aromatic heterocycles. The van der Waals surface area contributed by atoms with Gasteiger partial charge in [0.2, 0.25) is 5.72 Å². The van der Waals surface area contributed by atoms with Crippen molar-refractivity contribution in [2.75, 3.05) is 19.8 Å². The van der Waals surface area contributed by atoms with Gasteiger partial charge in [0, 0.05) is 19.0 Å². The van der Waals surface area contributed by atoms with Crippen LogP contribution in [0.15, 0.2) is 29.4 Å². The summed E-state index contributed by atoms with van der Waals surface area (Å²) in [6, 6.07) is 6.14. The summed E-state index contributed by atoms with van der Waals surface area (Å²) in [6.07, 6.45) is 0. The minimum atomic E-state index is -3.41. The minimum Gasteiger partial charge on any atom is -0.361 e. The van der Waals surface area contributed by atoms with E-state index in [9.17, 15) is 8.96 Å². The van der Waals surface area contributed by atoms with E-state index < -0.39 is 19.0 Å². The average molecular weight is 400 g/mol. The normalized spacial score (nSPS) is 21.3. The second-order valence-electron chi connectivity index (χ2n) is 7.09. The van der Waals surface area contributed by atoms with Crippen molar-refractivity contribution in [2.45, 2.75) is 52.9 Å². The van der Waals surface area contributed by atoms with Gasteiger partial charge in [-0.25, -0.2) is 4.39 Å². The molecule has 0 spiro atoms. The zero-order valence-electron chi connectivity index (χ0n) is 16.9. The summed E-state index contributed by atoms with van der Waals surface area (Å²) in [5.74, 6) is 0.491. The molecule has 1 aliphatic heterocycles. The molecule has 0 aliphatic carbocycles. The van der Waals surface area contributed by atoms with E-state index in [2.05, 4.69) is 19.0 Å². The maximum atomic E-state index is 13.4. The fourth-order valence-electron chi connectivity index (χ4n) is 3.12. The van der Waals surface area contributed by atoms with Gasteiger partial charge in [-0.1, -0.05) is 31.1 Å². The SMILES string of the molecule is CCOP(=O)(OCC)C(C)C1=NOC(C)(c2ccc(F)cc2)N1CC(C)C. The molecule has 1 aromatic carbocycles. The van der Waals surface area contributed by atoms with Crippen LogP contribution in [0.25, 0.3) is 0 Å². The van der Waals surface area contributed by atoms with Crippen LogP contribution in [0.3, 0.4) is 0 Å². The predicted octanol–water partition coefficient (Wildman–Crippen LogP) is 4.95. The van der Waals surface area contributed by atoms with Gasteiger partial charge in [0.25, 0.3) is 0 Å². The van der Waals surface area contributed by atoms with Crippen LogP contribution in [0.1, 0.15) is 47.1 Å². The number of rotatable bonds is 9. The first-order valence-electron chi connectivity index (χ1n) is 9.36. The van der Waals surface area contributed by atoms with Crippen molar-refractivity contribution < 1.29 is 22.8 Å². The molecular weight excluding hydrogens is 370 g/mol. The molecule has 2 unspecified atom stereocenters. The van der Waals surface area contributed by atoms with Crippen LogP contribution < -0.4 is 0 Å². The molecule has 1 aliphatic rings. The highest BCUT2D eigenvalue weighted by Crippen LogP contribution is 2.55. The summed E-state index contributed by atoms with van der Waals surface area (Å²) < 4.78 is 37.7. The van der Waals surface area contributed by atoms with Gasteiger partial charge in [-0.05, 0) is 38.8 Å².